The largest absolute Gasteiger partial charge is 0.423 e. The van der Waals surface area contributed by atoms with Gasteiger partial charge >= 0.3 is 11.7 Å². The molecule has 1 aliphatic heterocycles. The molecule has 2 N–H and O–H groups in total. The molecule has 0 radical (unpaired) electrons. The summed E-state index contributed by atoms with van der Waals surface area (Å²) in [5, 5.41) is 9.81. The molecule has 204 valence electrons. The third-order valence-electron chi connectivity index (χ3n) is 5.57. The summed E-state index contributed by atoms with van der Waals surface area (Å²) in [6.45, 7) is -0.359. The van der Waals surface area contributed by atoms with Gasteiger partial charge in [-0.3, -0.25) is 19.7 Å². The molecule has 4 aromatic rings. The van der Waals surface area contributed by atoms with Gasteiger partial charge in [0, 0.05) is 11.6 Å². The Morgan fingerprint density at radius 2 is 1.63 bits per heavy atom. The predicted molar refractivity (Wildman–Crippen MR) is 150 cm³/mol. The topological polar surface area (TPSA) is 154 Å². The summed E-state index contributed by atoms with van der Waals surface area (Å²) in [4.78, 5) is 60.4. The van der Waals surface area contributed by atoms with Gasteiger partial charge in [0.2, 0.25) is 0 Å². The van der Waals surface area contributed by atoms with Crippen LogP contribution in [0.2, 0.25) is 0 Å². The van der Waals surface area contributed by atoms with Crippen molar-refractivity contribution in [2.75, 3.05) is 0 Å². The van der Waals surface area contributed by atoms with Gasteiger partial charge in [-0.05, 0) is 53.7 Å². The monoisotopic (exact) mass is 568 g/mol. The lowest BCUT2D eigenvalue weighted by molar-refractivity contribution is -0.129. The first-order valence-corrected chi connectivity index (χ1v) is 12.9. The van der Waals surface area contributed by atoms with E-state index in [2.05, 4.69) is 15.6 Å². The number of imide groups is 1. The van der Waals surface area contributed by atoms with E-state index in [0.29, 0.717) is 28.8 Å². The van der Waals surface area contributed by atoms with Crippen molar-refractivity contribution >= 4 is 41.0 Å². The Labute approximate surface area is 236 Å². The van der Waals surface area contributed by atoms with E-state index in [0.717, 1.165) is 16.3 Å². The highest BCUT2D eigenvalue weighted by Crippen LogP contribution is 2.23. The molecule has 3 aromatic carbocycles. The quantitative estimate of drug-likeness (QED) is 0.108. The molecule has 13 heteroatoms. The third kappa shape index (κ3) is 6.54. The number of carbonyl (C=O) groups is 4. The van der Waals surface area contributed by atoms with E-state index >= 15 is 0 Å². The fraction of sp³-hybridized carbons (Fsp3) is 0.0357. The Morgan fingerprint density at radius 1 is 0.951 bits per heavy atom. The number of carbonyl (C=O) groups excluding carboxylic acids is 4. The van der Waals surface area contributed by atoms with Crippen LogP contribution in [0.15, 0.2) is 106 Å². The molecule has 0 saturated carbocycles. The van der Waals surface area contributed by atoms with Crippen LogP contribution in [-0.4, -0.2) is 43.6 Å². The lowest BCUT2D eigenvalue weighted by Gasteiger charge is -2.05. The molecule has 1 saturated heterocycles. The maximum atomic E-state index is 13.2. The highest BCUT2D eigenvalue weighted by Gasteiger charge is 2.26. The number of hydrazone groups is 1. The molecule has 0 atom stereocenters. The van der Waals surface area contributed by atoms with Gasteiger partial charge in [0.25, 0.3) is 17.1 Å². The highest BCUT2D eigenvalue weighted by molar-refractivity contribution is 8.18. The molecular weight excluding hydrogens is 548 g/mol. The second kappa shape index (κ2) is 12.1. The molecule has 5 rings (SSSR count). The van der Waals surface area contributed by atoms with Crippen molar-refractivity contribution in [1.29, 1.82) is 0 Å². The Hall–Kier alpha value is -5.56. The number of nitrogens with one attached hydrogen (secondary N) is 2. The molecule has 0 bridgehead atoms. The molecule has 2 heterocycles. The minimum absolute atomic E-state index is 0.0510. The van der Waals surface area contributed by atoms with E-state index < -0.39 is 28.7 Å². The van der Waals surface area contributed by atoms with Gasteiger partial charge in [0.1, 0.15) is 12.3 Å². The number of aromatic nitrogens is 3. The Kier molecular flexibility index (Phi) is 7.97. The van der Waals surface area contributed by atoms with Crippen molar-refractivity contribution in [2.24, 2.45) is 5.10 Å². The molecule has 0 spiro atoms. The van der Waals surface area contributed by atoms with E-state index in [9.17, 15) is 24.0 Å². The number of para-hydroxylation sites is 1. The lowest BCUT2D eigenvalue weighted by Crippen LogP contribution is -2.31. The smallest absolute Gasteiger partial charge is 0.351 e. The number of amides is 3. The van der Waals surface area contributed by atoms with Gasteiger partial charge < -0.3 is 4.74 Å². The van der Waals surface area contributed by atoms with Crippen molar-refractivity contribution in [3.63, 3.8) is 0 Å². The van der Waals surface area contributed by atoms with E-state index in [1.807, 2.05) is 53.8 Å². The molecule has 12 nitrogen and oxygen atoms in total. The zero-order valence-corrected chi connectivity index (χ0v) is 21.9. The van der Waals surface area contributed by atoms with Crippen LogP contribution < -0.4 is 21.2 Å². The zero-order valence-electron chi connectivity index (χ0n) is 21.1. The molecule has 0 aliphatic carbocycles. The average Bonchev–Trinajstić information content (AvgIpc) is 3.47. The highest BCUT2D eigenvalue weighted by atomic mass is 32.2. The van der Waals surface area contributed by atoms with Crippen LogP contribution in [0, 0.1) is 0 Å². The van der Waals surface area contributed by atoms with Crippen molar-refractivity contribution in [2.45, 2.75) is 6.54 Å². The number of ether oxygens (including phenoxy) is 1. The Balaban J connectivity index is 1.22. The van der Waals surface area contributed by atoms with E-state index in [1.54, 1.807) is 24.3 Å². The average molecular weight is 569 g/mol. The van der Waals surface area contributed by atoms with Crippen LogP contribution >= 0.6 is 11.8 Å². The van der Waals surface area contributed by atoms with Gasteiger partial charge in [0.05, 0.1) is 16.8 Å². The second-order valence-electron chi connectivity index (χ2n) is 8.44. The van der Waals surface area contributed by atoms with E-state index in [4.69, 9.17) is 4.74 Å². The van der Waals surface area contributed by atoms with E-state index in [1.165, 1.54) is 22.9 Å². The summed E-state index contributed by atoms with van der Waals surface area (Å²) in [5.74, 6) is -1.44. The van der Waals surface area contributed by atoms with Gasteiger partial charge in [-0.15, -0.1) is 5.10 Å². The summed E-state index contributed by atoms with van der Waals surface area (Å²) in [6, 6.07) is 24.4. The molecular formula is C28H20N6O6S. The first kappa shape index (κ1) is 27.0. The summed E-state index contributed by atoms with van der Waals surface area (Å²) in [5.41, 5.74) is 3.81. The van der Waals surface area contributed by atoms with Crippen LogP contribution in [0.4, 0.5) is 4.79 Å². The van der Waals surface area contributed by atoms with Crippen molar-refractivity contribution in [3.05, 3.63) is 112 Å². The second-order valence-corrected chi connectivity index (χ2v) is 9.45. The summed E-state index contributed by atoms with van der Waals surface area (Å²) in [6.07, 6.45) is 2.31. The first-order chi connectivity index (χ1) is 19.9. The molecule has 41 heavy (non-hydrogen) atoms. The minimum atomic E-state index is -0.814. The maximum absolute atomic E-state index is 13.2. The Bertz CT molecular complexity index is 1740. The SMILES string of the molecule is O=C(Cn1nc(-c2ccccc2)n(-c2ccccc2)c1=O)N/N=C/c1ccc(OC(=O)/C=C2/SC(=O)NC2=O)cc1. The van der Waals surface area contributed by atoms with Crippen LogP contribution in [-0.2, 0) is 20.9 Å². The fourth-order valence-electron chi connectivity index (χ4n) is 3.74. The number of esters is 1. The van der Waals surface area contributed by atoms with Crippen molar-refractivity contribution < 1.29 is 23.9 Å². The normalized spacial score (nSPS) is 13.9. The number of benzene rings is 3. The summed E-state index contributed by atoms with van der Waals surface area (Å²) >= 11 is 0.612. The van der Waals surface area contributed by atoms with Crippen LogP contribution in [0.5, 0.6) is 5.75 Å². The predicted octanol–water partition coefficient (Wildman–Crippen LogP) is 2.62. The minimum Gasteiger partial charge on any atom is -0.423 e. The molecule has 1 fully saturated rings. The summed E-state index contributed by atoms with van der Waals surface area (Å²) in [7, 11) is 0. The molecule has 3 amide bonds. The number of rotatable bonds is 8. The van der Waals surface area contributed by atoms with Gasteiger partial charge in [-0.2, -0.15) is 5.10 Å². The van der Waals surface area contributed by atoms with E-state index in [-0.39, 0.29) is 17.2 Å². The number of hydrogen-bond acceptors (Lipinski definition) is 9. The number of nitrogens with zero attached hydrogens (tertiary/aromatic N) is 4. The Morgan fingerprint density at radius 3 is 2.29 bits per heavy atom. The maximum Gasteiger partial charge on any atom is 0.351 e. The van der Waals surface area contributed by atoms with Crippen molar-refractivity contribution in [1.82, 2.24) is 25.1 Å². The van der Waals surface area contributed by atoms with Crippen LogP contribution in [0.3, 0.4) is 0 Å². The zero-order chi connectivity index (χ0) is 28.8. The summed E-state index contributed by atoms with van der Waals surface area (Å²) < 4.78 is 7.65. The number of thioether (sulfide) groups is 1. The molecule has 1 aliphatic rings. The van der Waals surface area contributed by atoms with Crippen LogP contribution in [0.25, 0.3) is 17.1 Å². The number of hydrogen-bond donors (Lipinski definition) is 2. The lowest BCUT2D eigenvalue weighted by atomic mass is 10.2. The van der Waals surface area contributed by atoms with Gasteiger partial charge in [-0.25, -0.2) is 24.3 Å². The molecule has 0 unspecified atom stereocenters. The first-order valence-electron chi connectivity index (χ1n) is 12.1. The van der Waals surface area contributed by atoms with Gasteiger partial charge in [0.15, 0.2) is 5.82 Å². The third-order valence-corrected chi connectivity index (χ3v) is 6.38. The molecule has 1 aromatic heterocycles. The van der Waals surface area contributed by atoms with Crippen molar-refractivity contribution in [3.8, 4) is 22.8 Å². The van der Waals surface area contributed by atoms with Crippen LogP contribution in [0.1, 0.15) is 5.56 Å². The standard InChI is InChI=1S/C28H20N6O6S/c35-23(17-33-28(39)34(20-9-5-2-6-10-20)25(32-33)19-7-3-1-4-8-19)31-29-16-18-11-13-21(14-12-18)40-24(36)15-22-26(37)30-27(38)41-22/h1-16H,17H2,(H,31,35)(H,30,37,38)/b22-15+,29-16+. The fourth-order valence-corrected chi connectivity index (χ4v) is 4.38. The van der Waals surface area contributed by atoms with Gasteiger partial charge in [-0.1, -0.05) is 48.5 Å².